The first-order valence-electron chi connectivity index (χ1n) is 10.1. The quantitative estimate of drug-likeness (QED) is 0.679. The van der Waals surface area contributed by atoms with Gasteiger partial charge in [0, 0.05) is 19.5 Å². The second-order valence-corrected chi connectivity index (χ2v) is 8.09. The minimum absolute atomic E-state index is 0.106. The highest BCUT2D eigenvalue weighted by Crippen LogP contribution is 2.31. The third kappa shape index (κ3) is 5.79. The fourth-order valence-corrected chi connectivity index (χ4v) is 4.39. The standard InChI is InChI=1S/C23H27N3O4S/c1-4-24-22(28)20-15-21(27)26(23(31-20)25-17-8-6-5-7-9-17)13-12-16-10-11-18(29-2)19(14-16)30-3/h5-11,14,20H,4,12-13,15H2,1-3H3,(H,24,28). The second kappa shape index (κ2) is 10.9. The van der Waals surface area contributed by atoms with Gasteiger partial charge in [-0.15, -0.1) is 0 Å². The summed E-state index contributed by atoms with van der Waals surface area (Å²) in [7, 11) is 3.19. The summed E-state index contributed by atoms with van der Waals surface area (Å²) < 4.78 is 10.7. The number of nitrogens with zero attached hydrogens (tertiary/aromatic N) is 2. The Morgan fingerprint density at radius 3 is 2.58 bits per heavy atom. The van der Waals surface area contributed by atoms with Crippen molar-refractivity contribution in [1.29, 1.82) is 0 Å². The molecule has 31 heavy (non-hydrogen) atoms. The molecule has 1 saturated heterocycles. The lowest BCUT2D eigenvalue weighted by molar-refractivity contribution is -0.130. The summed E-state index contributed by atoms with van der Waals surface area (Å²) in [5.74, 6) is 1.06. The van der Waals surface area contributed by atoms with Crippen molar-refractivity contribution in [3.8, 4) is 11.5 Å². The van der Waals surface area contributed by atoms with Crippen molar-refractivity contribution in [2.45, 2.75) is 25.0 Å². The van der Waals surface area contributed by atoms with E-state index in [0.29, 0.717) is 36.2 Å². The lowest BCUT2D eigenvalue weighted by atomic mass is 10.1. The monoisotopic (exact) mass is 441 g/mol. The Hall–Kier alpha value is -3.00. The number of ether oxygens (including phenoxy) is 2. The molecule has 0 aliphatic carbocycles. The number of hydrogen-bond acceptors (Lipinski definition) is 6. The van der Waals surface area contributed by atoms with Crippen LogP contribution in [0.4, 0.5) is 5.69 Å². The molecule has 0 spiro atoms. The molecule has 1 heterocycles. The Labute approximate surface area is 186 Å². The number of hydrogen-bond donors (Lipinski definition) is 1. The lowest BCUT2D eigenvalue weighted by Crippen LogP contribution is -2.47. The Balaban J connectivity index is 1.82. The summed E-state index contributed by atoms with van der Waals surface area (Å²) in [4.78, 5) is 31.7. The predicted octanol–water partition coefficient (Wildman–Crippen LogP) is 3.40. The molecule has 2 aromatic carbocycles. The number of thioether (sulfide) groups is 1. The molecule has 2 aromatic rings. The largest absolute Gasteiger partial charge is 0.493 e. The van der Waals surface area contributed by atoms with Crippen LogP contribution in [0.5, 0.6) is 11.5 Å². The number of nitrogens with one attached hydrogen (secondary N) is 1. The van der Waals surface area contributed by atoms with E-state index in [9.17, 15) is 9.59 Å². The fraction of sp³-hybridized carbons (Fsp3) is 0.348. The summed E-state index contributed by atoms with van der Waals surface area (Å²) in [6.45, 7) is 2.84. The molecule has 1 aliphatic rings. The van der Waals surface area contributed by atoms with E-state index in [0.717, 1.165) is 11.3 Å². The number of para-hydroxylation sites is 1. The first kappa shape index (κ1) is 22.7. The van der Waals surface area contributed by atoms with Crippen molar-refractivity contribution in [3.63, 3.8) is 0 Å². The van der Waals surface area contributed by atoms with E-state index in [2.05, 4.69) is 10.3 Å². The minimum Gasteiger partial charge on any atom is -0.493 e. The Bertz CT molecular complexity index is 949. The Kier molecular flexibility index (Phi) is 7.94. The van der Waals surface area contributed by atoms with Crippen molar-refractivity contribution in [2.75, 3.05) is 27.3 Å². The van der Waals surface area contributed by atoms with Crippen molar-refractivity contribution in [2.24, 2.45) is 4.99 Å². The van der Waals surface area contributed by atoms with Crippen LogP contribution in [-0.2, 0) is 16.0 Å². The van der Waals surface area contributed by atoms with Crippen LogP contribution in [0.25, 0.3) is 0 Å². The first-order chi connectivity index (χ1) is 15.0. The zero-order chi connectivity index (χ0) is 22.2. The van der Waals surface area contributed by atoms with Gasteiger partial charge in [0.05, 0.1) is 25.2 Å². The molecule has 1 unspecified atom stereocenters. The van der Waals surface area contributed by atoms with Crippen molar-refractivity contribution in [3.05, 3.63) is 54.1 Å². The van der Waals surface area contributed by atoms with Gasteiger partial charge in [0.2, 0.25) is 11.8 Å². The molecule has 1 N–H and O–H groups in total. The van der Waals surface area contributed by atoms with Crippen LogP contribution in [0.3, 0.4) is 0 Å². The number of benzene rings is 2. The maximum absolute atomic E-state index is 13.0. The zero-order valence-corrected chi connectivity index (χ0v) is 18.8. The van der Waals surface area contributed by atoms with Gasteiger partial charge in [-0.05, 0) is 43.2 Å². The van der Waals surface area contributed by atoms with E-state index in [-0.39, 0.29) is 18.2 Å². The summed E-state index contributed by atoms with van der Waals surface area (Å²) in [5, 5.41) is 2.87. The fourth-order valence-electron chi connectivity index (χ4n) is 3.24. The van der Waals surface area contributed by atoms with E-state index < -0.39 is 5.25 Å². The Morgan fingerprint density at radius 1 is 1.16 bits per heavy atom. The Morgan fingerprint density at radius 2 is 1.90 bits per heavy atom. The summed E-state index contributed by atoms with van der Waals surface area (Å²) in [6, 6.07) is 15.2. The molecule has 3 rings (SSSR count). The van der Waals surface area contributed by atoms with Crippen LogP contribution in [0, 0.1) is 0 Å². The average Bonchev–Trinajstić information content (AvgIpc) is 2.79. The highest BCUT2D eigenvalue weighted by Gasteiger charge is 2.35. The van der Waals surface area contributed by atoms with Gasteiger partial charge in [0.1, 0.15) is 0 Å². The predicted molar refractivity (Wildman–Crippen MR) is 123 cm³/mol. The van der Waals surface area contributed by atoms with Gasteiger partial charge in [0.15, 0.2) is 16.7 Å². The van der Waals surface area contributed by atoms with E-state index in [1.54, 1.807) is 19.1 Å². The van der Waals surface area contributed by atoms with Gasteiger partial charge in [-0.2, -0.15) is 0 Å². The molecule has 0 bridgehead atoms. The molecule has 0 saturated carbocycles. The molecule has 7 nitrogen and oxygen atoms in total. The molecule has 0 aromatic heterocycles. The van der Waals surface area contributed by atoms with Crippen LogP contribution in [0.1, 0.15) is 18.9 Å². The number of methoxy groups -OCH3 is 2. The highest BCUT2D eigenvalue weighted by atomic mass is 32.2. The van der Waals surface area contributed by atoms with Gasteiger partial charge >= 0.3 is 0 Å². The number of amidine groups is 1. The number of carbonyl (C=O) groups is 2. The third-order valence-electron chi connectivity index (χ3n) is 4.84. The van der Waals surface area contributed by atoms with Gasteiger partial charge in [-0.1, -0.05) is 36.0 Å². The van der Waals surface area contributed by atoms with Crippen molar-refractivity contribution >= 4 is 34.4 Å². The molecule has 1 fully saturated rings. The molecular weight excluding hydrogens is 414 g/mol. The van der Waals surface area contributed by atoms with Crippen molar-refractivity contribution < 1.29 is 19.1 Å². The third-order valence-corrected chi connectivity index (χ3v) is 6.02. The number of aliphatic imine (C=N–C) groups is 1. The molecule has 164 valence electrons. The van der Waals surface area contributed by atoms with Gasteiger partial charge in [-0.25, -0.2) is 4.99 Å². The van der Waals surface area contributed by atoms with E-state index >= 15 is 0 Å². The molecule has 0 radical (unpaired) electrons. The highest BCUT2D eigenvalue weighted by molar-refractivity contribution is 8.15. The average molecular weight is 442 g/mol. The van der Waals surface area contributed by atoms with Gasteiger partial charge < -0.3 is 14.8 Å². The first-order valence-corrected chi connectivity index (χ1v) is 11.0. The molecular formula is C23H27N3O4S. The second-order valence-electron chi connectivity index (χ2n) is 6.92. The number of rotatable bonds is 8. The van der Waals surface area contributed by atoms with Crippen LogP contribution in [0.15, 0.2) is 53.5 Å². The van der Waals surface area contributed by atoms with E-state index in [1.807, 2.05) is 55.5 Å². The van der Waals surface area contributed by atoms with Crippen LogP contribution < -0.4 is 14.8 Å². The zero-order valence-electron chi connectivity index (χ0n) is 18.0. The summed E-state index contributed by atoms with van der Waals surface area (Å²) in [6.07, 6.45) is 0.766. The maximum atomic E-state index is 13.0. The van der Waals surface area contributed by atoms with Crippen LogP contribution >= 0.6 is 11.8 Å². The summed E-state index contributed by atoms with van der Waals surface area (Å²) >= 11 is 1.33. The van der Waals surface area contributed by atoms with Gasteiger partial charge in [0.25, 0.3) is 0 Å². The van der Waals surface area contributed by atoms with Crippen LogP contribution in [0.2, 0.25) is 0 Å². The van der Waals surface area contributed by atoms with E-state index in [1.165, 1.54) is 11.8 Å². The molecule has 1 atom stereocenters. The van der Waals surface area contributed by atoms with E-state index in [4.69, 9.17) is 9.47 Å². The van der Waals surface area contributed by atoms with Crippen LogP contribution in [-0.4, -0.2) is 54.4 Å². The minimum atomic E-state index is -0.479. The van der Waals surface area contributed by atoms with Gasteiger partial charge in [-0.3, -0.25) is 14.5 Å². The smallest absolute Gasteiger partial charge is 0.234 e. The molecule has 2 amide bonds. The topological polar surface area (TPSA) is 80.2 Å². The molecule has 8 heteroatoms. The normalized spacial score (nSPS) is 17.5. The van der Waals surface area contributed by atoms with Crippen molar-refractivity contribution in [1.82, 2.24) is 10.2 Å². The SMILES string of the molecule is CCNC(=O)C1CC(=O)N(CCc2ccc(OC)c(OC)c2)C(=Nc2ccccc2)S1. The molecule has 1 aliphatic heterocycles. The lowest BCUT2D eigenvalue weighted by Gasteiger charge is -2.31. The number of amides is 2. The maximum Gasteiger partial charge on any atom is 0.234 e. The number of carbonyl (C=O) groups excluding carboxylic acids is 2. The summed E-state index contributed by atoms with van der Waals surface area (Å²) in [5.41, 5.74) is 1.76.